The molecule has 214 valence electrons. The summed E-state index contributed by atoms with van der Waals surface area (Å²) in [6.45, 7) is 0. The second kappa shape index (κ2) is 13.1. The molecule has 5 aromatic carbocycles. The van der Waals surface area contributed by atoms with Gasteiger partial charge in [-0.3, -0.25) is 14.9 Å². The van der Waals surface area contributed by atoms with E-state index >= 15 is 0 Å². The predicted molar refractivity (Wildman–Crippen MR) is 171 cm³/mol. The molecule has 1 amide bonds. The van der Waals surface area contributed by atoms with Gasteiger partial charge in [-0.05, 0) is 27.8 Å². The lowest BCUT2D eigenvalue weighted by atomic mass is 9.76. The summed E-state index contributed by atoms with van der Waals surface area (Å²) in [5.41, 5.74) is 4.07. The van der Waals surface area contributed by atoms with E-state index in [2.05, 4.69) is 47.0 Å². The first-order valence-electron chi connectivity index (χ1n) is 14.3. The lowest BCUT2D eigenvalue weighted by Crippen LogP contribution is -2.70. The molecule has 0 bridgehead atoms. The molecule has 1 saturated heterocycles. The fourth-order valence-corrected chi connectivity index (χ4v) is 6.56. The molecule has 1 fully saturated rings. The van der Waals surface area contributed by atoms with Gasteiger partial charge in [0.05, 0.1) is 16.7 Å². The Morgan fingerprint density at radius 2 is 1.07 bits per heavy atom. The highest BCUT2D eigenvalue weighted by Gasteiger charge is 2.47. The monoisotopic (exact) mass is 584 g/mol. The molecule has 5 nitrogen and oxygen atoms in total. The number of carbonyl (C=O) groups is 2. The summed E-state index contributed by atoms with van der Waals surface area (Å²) in [4.78, 5) is 26.3. The summed E-state index contributed by atoms with van der Waals surface area (Å²) in [5.74, 6) is -0.360. The van der Waals surface area contributed by atoms with Gasteiger partial charge in [0.2, 0.25) is 5.91 Å². The largest absolute Gasteiger partial charge is 0.452 e. The van der Waals surface area contributed by atoms with Gasteiger partial charge < -0.3 is 10.1 Å². The van der Waals surface area contributed by atoms with Gasteiger partial charge in [-0.2, -0.15) is 0 Å². The van der Waals surface area contributed by atoms with E-state index in [-0.39, 0.29) is 23.0 Å². The van der Waals surface area contributed by atoms with E-state index in [0.717, 1.165) is 27.8 Å². The number of hydrogen-bond donors (Lipinski definition) is 2. The molecule has 6 rings (SSSR count). The van der Waals surface area contributed by atoms with Gasteiger partial charge >= 0.3 is 5.97 Å². The van der Waals surface area contributed by atoms with E-state index in [1.165, 1.54) is 11.8 Å². The molecule has 43 heavy (non-hydrogen) atoms. The second-order valence-corrected chi connectivity index (χ2v) is 11.5. The maximum atomic E-state index is 13.2. The molecule has 6 heteroatoms. The fraction of sp³-hybridized carbons (Fsp3) is 0.135. The Kier molecular flexibility index (Phi) is 8.68. The normalized spacial score (nSPS) is 16.3. The smallest absolute Gasteiger partial charge is 0.316 e. The van der Waals surface area contributed by atoms with Crippen LogP contribution in [0.3, 0.4) is 0 Å². The number of amides is 1. The number of carbonyl (C=O) groups excluding carboxylic acids is 2. The number of esters is 1. The lowest BCUT2D eigenvalue weighted by Gasteiger charge is -2.45. The van der Waals surface area contributed by atoms with Crippen molar-refractivity contribution in [2.24, 2.45) is 0 Å². The van der Waals surface area contributed by atoms with Gasteiger partial charge in [-0.25, -0.2) is 0 Å². The molecule has 0 aromatic heterocycles. The Morgan fingerprint density at radius 3 is 1.47 bits per heavy atom. The molecule has 0 radical (unpaired) electrons. The molecule has 5 aromatic rings. The lowest BCUT2D eigenvalue weighted by molar-refractivity contribution is -0.144. The third kappa shape index (κ3) is 6.12. The van der Waals surface area contributed by atoms with Crippen LogP contribution in [0.2, 0.25) is 0 Å². The summed E-state index contributed by atoms with van der Waals surface area (Å²) in [6, 6.07) is 49.4. The fourth-order valence-electron chi connectivity index (χ4n) is 5.59. The standard InChI is InChI=1S/C37H32N2O3S/c40-32(42-34(27-16-6-1-7-17-27)28-18-8-2-9-19-28)26-43-36-33(35(41)38-36)39-37(29-20-10-3-11-21-29,30-22-12-4-13-23-30)31-24-14-5-15-25-31/h1-25,33-34,36,39H,26H2,(H,38,41)/t33-,36+/m1/s1. The van der Waals surface area contributed by atoms with Crippen LogP contribution in [-0.4, -0.2) is 29.0 Å². The van der Waals surface area contributed by atoms with E-state index < -0.39 is 17.7 Å². The van der Waals surface area contributed by atoms with Gasteiger partial charge in [-0.1, -0.05) is 152 Å². The Bertz CT molecular complexity index is 1500. The molecule has 1 heterocycles. The second-order valence-electron chi connectivity index (χ2n) is 10.4. The van der Waals surface area contributed by atoms with Crippen LogP contribution in [0.5, 0.6) is 0 Å². The summed E-state index contributed by atoms with van der Waals surface area (Å²) in [7, 11) is 0. The first-order valence-corrected chi connectivity index (χ1v) is 15.4. The Morgan fingerprint density at radius 1 is 0.674 bits per heavy atom. The van der Waals surface area contributed by atoms with E-state index in [4.69, 9.17) is 4.74 Å². The first-order chi connectivity index (χ1) is 21.1. The number of hydrogen-bond acceptors (Lipinski definition) is 5. The van der Waals surface area contributed by atoms with E-state index in [1.807, 2.05) is 115 Å². The first kappa shape index (κ1) is 28.5. The van der Waals surface area contributed by atoms with E-state index in [9.17, 15) is 9.59 Å². The maximum Gasteiger partial charge on any atom is 0.316 e. The number of β-lactam (4-membered cyclic amide) rings is 1. The third-order valence-corrected chi connectivity index (χ3v) is 8.85. The van der Waals surface area contributed by atoms with Crippen LogP contribution < -0.4 is 10.6 Å². The molecule has 0 aliphatic carbocycles. The van der Waals surface area contributed by atoms with Gasteiger partial charge in [0.1, 0.15) is 6.04 Å². The summed E-state index contributed by atoms with van der Waals surface area (Å²) in [6.07, 6.45) is -0.512. The van der Waals surface area contributed by atoms with Crippen LogP contribution in [0.15, 0.2) is 152 Å². The molecule has 1 aliphatic rings. The van der Waals surface area contributed by atoms with Crippen molar-refractivity contribution in [2.75, 3.05) is 5.75 Å². The molecule has 0 saturated carbocycles. The van der Waals surface area contributed by atoms with Crippen molar-refractivity contribution in [2.45, 2.75) is 23.1 Å². The topological polar surface area (TPSA) is 67.4 Å². The average Bonchev–Trinajstić information content (AvgIpc) is 3.08. The molecule has 2 N–H and O–H groups in total. The summed E-state index contributed by atoms with van der Waals surface area (Å²) < 4.78 is 6.02. The molecular weight excluding hydrogens is 552 g/mol. The minimum atomic E-state index is -0.794. The highest BCUT2D eigenvalue weighted by Crippen LogP contribution is 2.39. The molecule has 2 atom stereocenters. The van der Waals surface area contributed by atoms with Crippen LogP contribution in [0, 0.1) is 0 Å². The highest BCUT2D eigenvalue weighted by atomic mass is 32.2. The van der Waals surface area contributed by atoms with E-state index in [1.54, 1.807) is 0 Å². The number of nitrogens with one attached hydrogen (secondary N) is 2. The van der Waals surface area contributed by atoms with Crippen molar-refractivity contribution in [1.29, 1.82) is 0 Å². The van der Waals surface area contributed by atoms with Crippen molar-refractivity contribution < 1.29 is 14.3 Å². The van der Waals surface area contributed by atoms with Crippen LogP contribution in [0.1, 0.15) is 33.9 Å². The van der Waals surface area contributed by atoms with Gasteiger partial charge in [0.15, 0.2) is 6.10 Å². The van der Waals surface area contributed by atoms with Crippen molar-refractivity contribution in [1.82, 2.24) is 10.6 Å². The highest BCUT2D eigenvalue weighted by molar-refractivity contribution is 8.00. The predicted octanol–water partition coefficient (Wildman–Crippen LogP) is 6.46. The quantitative estimate of drug-likeness (QED) is 0.106. The number of thioether (sulfide) groups is 1. The number of ether oxygens (including phenoxy) is 1. The zero-order valence-corrected chi connectivity index (χ0v) is 24.3. The van der Waals surface area contributed by atoms with Crippen molar-refractivity contribution >= 4 is 23.6 Å². The molecular formula is C37H32N2O3S. The third-order valence-electron chi connectivity index (χ3n) is 7.70. The zero-order valence-electron chi connectivity index (χ0n) is 23.5. The van der Waals surface area contributed by atoms with Gasteiger partial charge in [-0.15, -0.1) is 11.8 Å². The zero-order chi connectivity index (χ0) is 29.5. The summed E-state index contributed by atoms with van der Waals surface area (Å²) >= 11 is 1.37. The SMILES string of the molecule is O=C(CS[C@@H]1NC(=O)[C@H]1NC(c1ccccc1)(c1ccccc1)c1ccccc1)OC(c1ccccc1)c1ccccc1. The van der Waals surface area contributed by atoms with Crippen LogP contribution in [0.4, 0.5) is 0 Å². The van der Waals surface area contributed by atoms with Crippen molar-refractivity contribution in [3.05, 3.63) is 179 Å². The molecule has 1 aliphatic heterocycles. The maximum absolute atomic E-state index is 13.2. The van der Waals surface area contributed by atoms with Gasteiger partial charge in [0.25, 0.3) is 0 Å². The number of benzene rings is 5. The number of rotatable bonds is 11. The minimum Gasteiger partial charge on any atom is -0.452 e. The van der Waals surface area contributed by atoms with Crippen LogP contribution in [-0.2, 0) is 19.9 Å². The van der Waals surface area contributed by atoms with Gasteiger partial charge in [0, 0.05) is 0 Å². The van der Waals surface area contributed by atoms with Crippen LogP contribution >= 0.6 is 11.8 Å². The van der Waals surface area contributed by atoms with Crippen molar-refractivity contribution in [3.63, 3.8) is 0 Å². The minimum absolute atomic E-state index is 0.0916. The average molecular weight is 585 g/mol. The molecule has 0 unspecified atom stereocenters. The van der Waals surface area contributed by atoms with E-state index in [0.29, 0.717) is 0 Å². The summed E-state index contributed by atoms with van der Waals surface area (Å²) in [5, 5.41) is 6.43. The Balaban J connectivity index is 1.24. The molecule has 0 spiro atoms. The van der Waals surface area contributed by atoms with Crippen molar-refractivity contribution in [3.8, 4) is 0 Å². The Labute approximate surface area is 256 Å². The van der Waals surface area contributed by atoms with Crippen LogP contribution in [0.25, 0.3) is 0 Å². The Hall–Kier alpha value is -4.65.